The molecular formula is C12H21N3. The topological polar surface area (TPSA) is 40.7 Å². The number of aryl methyl sites for hydroxylation is 1. The van der Waals surface area contributed by atoms with Crippen molar-refractivity contribution in [1.29, 1.82) is 0 Å². The van der Waals surface area contributed by atoms with Crippen LogP contribution in [0.1, 0.15) is 38.3 Å². The fourth-order valence-electron chi connectivity index (χ4n) is 2.28. The quantitative estimate of drug-likeness (QED) is 0.800. The van der Waals surface area contributed by atoms with Gasteiger partial charge in [0.05, 0.1) is 0 Å². The molecule has 1 aromatic heterocycles. The van der Waals surface area contributed by atoms with Crippen LogP contribution in [0.25, 0.3) is 0 Å². The molecule has 15 heavy (non-hydrogen) atoms. The van der Waals surface area contributed by atoms with Gasteiger partial charge in [0.2, 0.25) is 0 Å². The molecule has 1 aliphatic rings. The second kappa shape index (κ2) is 4.69. The highest BCUT2D eigenvalue weighted by molar-refractivity contribution is 5.25. The number of rotatable bonds is 3. The monoisotopic (exact) mass is 207 g/mol. The van der Waals surface area contributed by atoms with Crippen LogP contribution >= 0.6 is 0 Å². The molecule has 1 aromatic rings. The van der Waals surface area contributed by atoms with E-state index in [4.69, 9.17) is 0 Å². The van der Waals surface area contributed by atoms with Crippen molar-refractivity contribution in [2.75, 3.05) is 11.9 Å². The third-order valence-electron chi connectivity index (χ3n) is 3.40. The molecular weight excluding hydrogens is 186 g/mol. The SMILES string of the molecule is Cc1cnc(NCC2CCC(C)CC2)[nH]1. The zero-order chi connectivity index (χ0) is 10.7. The number of aromatic nitrogens is 2. The lowest BCUT2D eigenvalue weighted by atomic mass is 9.83. The maximum absolute atomic E-state index is 4.25. The Morgan fingerprint density at radius 3 is 2.73 bits per heavy atom. The first-order valence-electron chi connectivity index (χ1n) is 5.99. The summed E-state index contributed by atoms with van der Waals surface area (Å²) in [5, 5.41) is 3.38. The molecule has 0 atom stereocenters. The number of H-pyrrole nitrogens is 1. The predicted molar refractivity (Wildman–Crippen MR) is 62.9 cm³/mol. The van der Waals surface area contributed by atoms with Gasteiger partial charge in [-0.3, -0.25) is 0 Å². The summed E-state index contributed by atoms with van der Waals surface area (Å²) in [6.45, 7) is 5.46. The summed E-state index contributed by atoms with van der Waals surface area (Å²) >= 11 is 0. The highest BCUT2D eigenvalue weighted by Gasteiger charge is 2.17. The molecule has 2 N–H and O–H groups in total. The maximum Gasteiger partial charge on any atom is 0.200 e. The molecule has 84 valence electrons. The van der Waals surface area contributed by atoms with Gasteiger partial charge in [-0.2, -0.15) is 0 Å². The van der Waals surface area contributed by atoms with Crippen molar-refractivity contribution in [2.45, 2.75) is 39.5 Å². The Labute approximate surface area is 91.7 Å². The van der Waals surface area contributed by atoms with Gasteiger partial charge >= 0.3 is 0 Å². The Morgan fingerprint density at radius 1 is 1.40 bits per heavy atom. The molecule has 2 rings (SSSR count). The standard InChI is InChI=1S/C12H21N3/c1-9-3-5-11(6-4-9)8-14-12-13-7-10(2)15-12/h7,9,11H,3-6,8H2,1-2H3,(H2,13,14,15). The minimum atomic E-state index is 0.839. The summed E-state index contributed by atoms with van der Waals surface area (Å²) < 4.78 is 0. The van der Waals surface area contributed by atoms with E-state index in [0.717, 1.165) is 30.0 Å². The molecule has 0 aromatic carbocycles. The number of aromatic amines is 1. The average molecular weight is 207 g/mol. The van der Waals surface area contributed by atoms with E-state index in [0.29, 0.717) is 0 Å². The Balaban J connectivity index is 1.74. The lowest BCUT2D eigenvalue weighted by Gasteiger charge is -2.26. The molecule has 0 spiro atoms. The third kappa shape index (κ3) is 2.98. The molecule has 3 nitrogen and oxygen atoms in total. The number of anilines is 1. The largest absolute Gasteiger partial charge is 0.356 e. The highest BCUT2D eigenvalue weighted by atomic mass is 15.1. The molecule has 0 amide bonds. The van der Waals surface area contributed by atoms with Crippen LogP contribution in [0.4, 0.5) is 5.95 Å². The Hall–Kier alpha value is -0.990. The van der Waals surface area contributed by atoms with Crippen LogP contribution in [0.15, 0.2) is 6.20 Å². The number of imidazole rings is 1. The van der Waals surface area contributed by atoms with E-state index in [-0.39, 0.29) is 0 Å². The molecule has 3 heteroatoms. The van der Waals surface area contributed by atoms with Gasteiger partial charge in [-0.05, 0) is 31.6 Å². The van der Waals surface area contributed by atoms with Gasteiger partial charge in [-0.15, -0.1) is 0 Å². The van der Waals surface area contributed by atoms with Gasteiger partial charge in [-0.1, -0.05) is 19.8 Å². The van der Waals surface area contributed by atoms with Crippen molar-refractivity contribution in [1.82, 2.24) is 9.97 Å². The third-order valence-corrected chi connectivity index (χ3v) is 3.40. The van der Waals surface area contributed by atoms with E-state index in [2.05, 4.69) is 22.2 Å². The highest BCUT2D eigenvalue weighted by Crippen LogP contribution is 2.28. The average Bonchev–Trinajstić information content (AvgIpc) is 2.64. The summed E-state index contributed by atoms with van der Waals surface area (Å²) in [4.78, 5) is 7.45. The predicted octanol–water partition coefficient (Wildman–Crippen LogP) is 2.96. The van der Waals surface area contributed by atoms with Crippen LogP contribution in [0.2, 0.25) is 0 Å². The van der Waals surface area contributed by atoms with Crippen LogP contribution in [0.3, 0.4) is 0 Å². The van der Waals surface area contributed by atoms with Gasteiger partial charge in [0.1, 0.15) is 0 Å². The smallest absolute Gasteiger partial charge is 0.200 e. The van der Waals surface area contributed by atoms with Gasteiger partial charge < -0.3 is 10.3 Å². The first-order valence-corrected chi connectivity index (χ1v) is 5.99. The molecule has 1 fully saturated rings. The molecule has 0 unspecified atom stereocenters. The lowest BCUT2D eigenvalue weighted by molar-refractivity contribution is 0.300. The summed E-state index contributed by atoms with van der Waals surface area (Å²) in [5.41, 5.74) is 1.12. The van der Waals surface area contributed by atoms with Crippen LogP contribution < -0.4 is 5.32 Å². The van der Waals surface area contributed by atoms with E-state index in [1.165, 1.54) is 25.7 Å². The second-order valence-corrected chi connectivity index (χ2v) is 4.92. The fraction of sp³-hybridized carbons (Fsp3) is 0.750. The molecule has 0 bridgehead atoms. The summed E-state index contributed by atoms with van der Waals surface area (Å²) in [6, 6.07) is 0. The van der Waals surface area contributed by atoms with Crippen molar-refractivity contribution >= 4 is 5.95 Å². The van der Waals surface area contributed by atoms with Crippen LogP contribution in [0, 0.1) is 18.8 Å². The molecule has 1 saturated carbocycles. The maximum atomic E-state index is 4.25. The second-order valence-electron chi connectivity index (χ2n) is 4.92. The summed E-state index contributed by atoms with van der Waals surface area (Å²) in [6.07, 6.45) is 7.39. The van der Waals surface area contributed by atoms with Crippen molar-refractivity contribution in [3.05, 3.63) is 11.9 Å². The first kappa shape index (κ1) is 10.5. The normalized spacial score (nSPS) is 26.5. The number of nitrogens with zero attached hydrogens (tertiary/aromatic N) is 1. The lowest BCUT2D eigenvalue weighted by Crippen LogP contribution is -2.20. The Bertz CT molecular complexity index is 298. The zero-order valence-electron chi connectivity index (χ0n) is 9.71. The van der Waals surface area contributed by atoms with E-state index in [1.807, 2.05) is 13.1 Å². The van der Waals surface area contributed by atoms with E-state index < -0.39 is 0 Å². The van der Waals surface area contributed by atoms with Crippen LogP contribution in [0.5, 0.6) is 0 Å². The molecule has 0 radical (unpaired) electrons. The fourth-order valence-corrected chi connectivity index (χ4v) is 2.28. The Kier molecular flexibility index (Phi) is 3.29. The minimum Gasteiger partial charge on any atom is -0.356 e. The van der Waals surface area contributed by atoms with Crippen LogP contribution in [-0.2, 0) is 0 Å². The molecule has 1 heterocycles. The molecule has 1 aliphatic carbocycles. The molecule has 0 aliphatic heterocycles. The van der Waals surface area contributed by atoms with E-state index >= 15 is 0 Å². The first-order chi connectivity index (χ1) is 7.24. The van der Waals surface area contributed by atoms with Crippen molar-refractivity contribution in [3.63, 3.8) is 0 Å². The Morgan fingerprint density at radius 2 is 2.13 bits per heavy atom. The van der Waals surface area contributed by atoms with Crippen molar-refractivity contribution < 1.29 is 0 Å². The number of nitrogens with one attached hydrogen (secondary N) is 2. The summed E-state index contributed by atoms with van der Waals surface area (Å²) in [7, 11) is 0. The van der Waals surface area contributed by atoms with Gasteiger partial charge in [0.25, 0.3) is 0 Å². The zero-order valence-corrected chi connectivity index (χ0v) is 9.71. The summed E-state index contributed by atoms with van der Waals surface area (Å²) in [5.74, 6) is 2.70. The molecule has 0 saturated heterocycles. The number of hydrogen-bond donors (Lipinski definition) is 2. The van der Waals surface area contributed by atoms with E-state index in [9.17, 15) is 0 Å². The van der Waals surface area contributed by atoms with Gasteiger partial charge in [0, 0.05) is 18.4 Å². The van der Waals surface area contributed by atoms with Crippen molar-refractivity contribution in [3.8, 4) is 0 Å². The minimum absolute atomic E-state index is 0.839. The van der Waals surface area contributed by atoms with Gasteiger partial charge in [-0.25, -0.2) is 4.98 Å². The van der Waals surface area contributed by atoms with Gasteiger partial charge in [0.15, 0.2) is 5.95 Å². The van der Waals surface area contributed by atoms with Crippen LogP contribution in [-0.4, -0.2) is 16.5 Å². The van der Waals surface area contributed by atoms with E-state index in [1.54, 1.807) is 0 Å². The van der Waals surface area contributed by atoms with Crippen molar-refractivity contribution in [2.24, 2.45) is 11.8 Å². The number of hydrogen-bond acceptors (Lipinski definition) is 2.